The molecule has 2 aliphatic heterocycles. The molecule has 0 aromatic rings. The molecular formula is C10H12N2O6. The summed E-state index contributed by atoms with van der Waals surface area (Å²) in [7, 11) is 0. The van der Waals surface area contributed by atoms with Crippen LogP contribution >= 0.6 is 0 Å². The molecule has 2 aliphatic rings. The Kier molecular flexibility index (Phi) is 3.14. The zero-order chi connectivity index (χ0) is 13.4. The molecule has 2 saturated heterocycles. The lowest BCUT2D eigenvalue weighted by Crippen LogP contribution is -2.55. The Morgan fingerprint density at radius 3 is 1.11 bits per heavy atom. The van der Waals surface area contributed by atoms with E-state index in [0.29, 0.717) is 9.80 Å². The van der Waals surface area contributed by atoms with Gasteiger partial charge >= 0.3 is 0 Å². The normalized spacial score (nSPS) is 24.1. The third-order valence-electron chi connectivity index (χ3n) is 2.98. The number of hydrogen-bond acceptors (Lipinski definition) is 6. The quantitative estimate of drug-likeness (QED) is 0.560. The molecule has 2 heterocycles. The van der Waals surface area contributed by atoms with Gasteiger partial charge in [0.15, 0.2) is 12.5 Å². The molecule has 0 aliphatic carbocycles. The fraction of sp³-hybridized carbons (Fsp3) is 0.600. The van der Waals surface area contributed by atoms with Gasteiger partial charge in [-0.1, -0.05) is 0 Å². The van der Waals surface area contributed by atoms with Crippen molar-refractivity contribution in [1.29, 1.82) is 0 Å². The summed E-state index contributed by atoms with van der Waals surface area (Å²) in [6.45, 7) is 0. The van der Waals surface area contributed by atoms with Crippen LogP contribution in [0.5, 0.6) is 0 Å². The van der Waals surface area contributed by atoms with E-state index in [2.05, 4.69) is 0 Å². The molecule has 8 nitrogen and oxygen atoms in total. The van der Waals surface area contributed by atoms with Crippen LogP contribution in [0.3, 0.4) is 0 Å². The highest BCUT2D eigenvalue weighted by Gasteiger charge is 2.44. The Bertz CT molecular complexity index is 362. The topological polar surface area (TPSA) is 115 Å². The molecule has 0 aromatic heterocycles. The maximum atomic E-state index is 11.4. The van der Waals surface area contributed by atoms with E-state index in [-0.39, 0.29) is 25.7 Å². The SMILES string of the molecule is O=C1CCC(=O)N1C(O)C(O)N1C(=O)CCC1=O. The molecule has 0 saturated carbocycles. The van der Waals surface area contributed by atoms with Crippen molar-refractivity contribution in [3.8, 4) is 0 Å². The van der Waals surface area contributed by atoms with Crippen LogP contribution in [0, 0.1) is 0 Å². The lowest BCUT2D eigenvalue weighted by Gasteiger charge is -2.30. The van der Waals surface area contributed by atoms with E-state index in [1.54, 1.807) is 0 Å². The zero-order valence-corrected chi connectivity index (χ0v) is 9.40. The molecule has 0 aromatic carbocycles. The number of aliphatic hydroxyl groups excluding tert-OH is 2. The number of nitrogens with zero attached hydrogens (tertiary/aromatic N) is 2. The van der Waals surface area contributed by atoms with Gasteiger partial charge in [-0.05, 0) is 0 Å². The van der Waals surface area contributed by atoms with E-state index < -0.39 is 36.1 Å². The van der Waals surface area contributed by atoms with Gasteiger partial charge in [0.25, 0.3) is 0 Å². The van der Waals surface area contributed by atoms with Gasteiger partial charge in [0.1, 0.15) is 0 Å². The van der Waals surface area contributed by atoms with Gasteiger partial charge in [0.05, 0.1) is 0 Å². The Morgan fingerprint density at radius 2 is 0.889 bits per heavy atom. The molecule has 98 valence electrons. The number of amides is 4. The van der Waals surface area contributed by atoms with Crippen LogP contribution in [-0.4, -0.2) is 56.1 Å². The highest BCUT2D eigenvalue weighted by Crippen LogP contribution is 2.21. The highest BCUT2D eigenvalue weighted by atomic mass is 16.4. The van der Waals surface area contributed by atoms with Crippen LogP contribution in [0.2, 0.25) is 0 Å². The average Bonchev–Trinajstić information content (AvgIpc) is 2.81. The van der Waals surface area contributed by atoms with Crippen molar-refractivity contribution in [1.82, 2.24) is 9.80 Å². The first-order valence-corrected chi connectivity index (χ1v) is 5.49. The van der Waals surface area contributed by atoms with Crippen molar-refractivity contribution in [3.05, 3.63) is 0 Å². The van der Waals surface area contributed by atoms with E-state index in [1.807, 2.05) is 0 Å². The third-order valence-corrected chi connectivity index (χ3v) is 2.98. The smallest absolute Gasteiger partial charge is 0.231 e. The molecule has 2 fully saturated rings. The molecule has 18 heavy (non-hydrogen) atoms. The largest absolute Gasteiger partial charge is 0.369 e. The first kappa shape index (κ1) is 12.7. The van der Waals surface area contributed by atoms with Gasteiger partial charge in [-0.3, -0.25) is 29.0 Å². The number of carbonyl (C=O) groups excluding carboxylic acids is 4. The summed E-state index contributed by atoms with van der Waals surface area (Å²) in [6.07, 6.45) is -4.01. The lowest BCUT2D eigenvalue weighted by molar-refractivity contribution is -0.181. The van der Waals surface area contributed by atoms with Crippen molar-refractivity contribution in [2.24, 2.45) is 0 Å². The fourth-order valence-electron chi connectivity index (χ4n) is 2.04. The summed E-state index contributed by atoms with van der Waals surface area (Å²) in [5, 5.41) is 19.5. The molecule has 2 unspecified atom stereocenters. The third kappa shape index (κ3) is 1.89. The first-order chi connectivity index (χ1) is 8.43. The average molecular weight is 256 g/mol. The van der Waals surface area contributed by atoms with Crippen LogP contribution in [0.1, 0.15) is 25.7 Å². The fourth-order valence-corrected chi connectivity index (χ4v) is 2.04. The predicted octanol–water partition coefficient (Wildman–Crippen LogP) is -2.08. The van der Waals surface area contributed by atoms with Gasteiger partial charge in [0, 0.05) is 25.7 Å². The summed E-state index contributed by atoms with van der Waals surface area (Å²) in [4.78, 5) is 46.4. The lowest BCUT2D eigenvalue weighted by atomic mass is 10.3. The minimum atomic E-state index is -1.90. The maximum absolute atomic E-state index is 11.4. The molecule has 2 atom stereocenters. The molecular weight excluding hydrogens is 244 g/mol. The van der Waals surface area contributed by atoms with Gasteiger partial charge in [0.2, 0.25) is 23.6 Å². The Labute approximate surface area is 102 Å². The van der Waals surface area contributed by atoms with E-state index >= 15 is 0 Å². The molecule has 2 rings (SSSR count). The number of likely N-dealkylation sites (tertiary alicyclic amines) is 2. The highest BCUT2D eigenvalue weighted by molar-refractivity contribution is 6.03. The Balaban J connectivity index is 2.15. The molecule has 4 amide bonds. The minimum absolute atomic E-state index is 0.0511. The van der Waals surface area contributed by atoms with Gasteiger partial charge in [-0.15, -0.1) is 0 Å². The van der Waals surface area contributed by atoms with Crippen LogP contribution < -0.4 is 0 Å². The van der Waals surface area contributed by atoms with E-state index in [1.165, 1.54) is 0 Å². The summed E-state index contributed by atoms with van der Waals surface area (Å²) >= 11 is 0. The van der Waals surface area contributed by atoms with E-state index in [0.717, 1.165) is 0 Å². The molecule has 2 N–H and O–H groups in total. The first-order valence-electron chi connectivity index (χ1n) is 5.49. The van der Waals surface area contributed by atoms with Crippen molar-refractivity contribution >= 4 is 23.6 Å². The van der Waals surface area contributed by atoms with Crippen LogP contribution in [0.15, 0.2) is 0 Å². The molecule has 8 heteroatoms. The van der Waals surface area contributed by atoms with Crippen molar-refractivity contribution in [2.75, 3.05) is 0 Å². The second kappa shape index (κ2) is 4.46. The number of aliphatic hydroxyl groups is 2. The van der Waals surface area contributed by atoms with Gasteiger partial charge < -0.3 is 10.2 Å². The van der Waals surface area contributed by atoms with Crippen LogP contribution in [0.4, 0.5) is 0 Å². The summed E-state index contributed by atoms with van der Waals surface area (Å²) < 4.78 is 0. The molecule has 0 spiro atoms. The summed E-state index contributed by atoms with van der Waals surface area (Å²) in [5.41, 5.74) is 0. The number of carbonyl (C=O) groups is 4. The van der Waals surface area contributed by atoms with Gasteiger partial charge in [-0.2, -0.15) is 0 Å². The van der Waals surface area contributed by atoms with Crippen molar-refractivity contribution < 1.29 is 29.4 Å². The Hall–Kier alpha value is -1.80. The van der Waals surface area contributed by atoms with Crippen molar-refractivity contribution in [3.63, 3.8) is 0 Å². The second-order valence-corrected chi connectivity index (χ2v) is 4.14. The minimum Gasteiger partial charge on any atom is -0.369 e. The van der Waals surface area contributed by atoms with Gasteiger partial charge in [-0.25, -0.2) is 0 Å². The zero-order valence-electron chi connectivity index (χ0n) is 9.40. The van der Waals surface area contributed by atoms with E-state index in [4.69, 9.17) is 0 Å². The summed E-state index contributed by atoms with van der Waals surface area (Å²) in [6, 6.07) is 0. The monoisotopic (exact) mass is 256 g/mol. The molecule has 0 bridgehead atoms. The molecule has 0 radical (unpaired) electrons. The number of rotatable bonds is 3. The second-order valence-electron chi connectivity index (χ2n) is 4.14. The standard InChI is InChI=1S/C10H12N2O6/c13-5-1-2-6(14)11(5)9(17)10(18)12-7(15)3-4-8(12)16/h9-10,17-18H,1-4H2. The van der Waals surface area contributed by atoms with Crippen LogP contribution in [0.25, 0.3) is 0 Å². The predicted molar refractivity (Wildman–Crippen MR) is 54.2 cm³/mol. The number of imide groups is 2. The number of hydrogen-bond donors (Lipinski definition) is 2. The van der Waals surface area contributed by atoms with Crippen molar-refractivity contribution in [2.45, 2.75) is 38.1 Å². The maximum Gasteiger partial charge on any atom is 0.231 e. The van der Waals surface area contributed by atoms with E-state index in [9.17, 15) is 29.4 Å². The summed E-state index contributed by atoms with van der Waals surface area (Å²) in [5.74, 6) is -2.53. The van der Waals surface area contributed by atoms with Crippen LogP contribution in [-0.2, 0) is 19.2 Å². The Morgan fingerprint density at radius 1 is 0.667 bits per heavy atom.